The highest BCUT2D eigenvalue weighted by Gasteiger charge is 2.33. The number of amides is 1. The van der Waals surface area contributed by atoms with Crippen molar-refractivity contribution in [3.05, 3.63) is 0 Å². The summed E-state index contributed by atoms with van der Waals surface area (Å²) in [4.78, 5) is 17.1. The number of rotatable bonds is 4. The second-order valence-electron chi connectivity index (χ2n) is 8.17. The van der Waals surface area contributed by atoms with Crippen LogP contribution < -0.4 is 0 Å². The molecule has 3 heteroatoms. The zero-order chi connectivity index (χ0) is 16.3. The first kappa shape index (κ1) is 17.8. The van der Waals surface area contributed by atoms with Crippen LogP contribution >= 0.6 is 0 Å². The van der Waals surface area contributed by atoms with E-state index in [0.717, 1.165) is 30.7 Å². The van der Waals surface area contributed by atoms with Gasteiger partial charge in [0.15, 0.2) is 0 Å². The molecule has 2 rings (SSSR count). The Morgan fingerprint density at radius 3 is 1.95 bits per heavy atom. The quantitative estimate of drug-likeness (QED) is 0.789. The predicted molar refractivity (Wildman–Crippen MR) is 92.8 cm³/mol. The summed E-state index contributed by atoms with van der Waals surface area (Å²) in [6.07, 6.45) is 7.35. The van der Waals surface area contributed by atoms with E-state index in [2.05, 4.69) is 32.6 Å². The van der Waals surface area contributed by atoms with Gasteiger partial charge in [0.25, 0.3) is 0 Å². The molecule has 2 aliphatic rings. The summed E-state index contributed by atoms with van der Waals surface area (Å²) in [5, 5.41) is 0. The molecule has 22 heavy (non-hydrogen) atoms. The molecule has 0 spiro atoms. The average molecular weight is 309 g/mol. The van der Waals surface area contributed by atoms with Crippen LogP contribution in [-0.2, 0) is 4.79 Å². The second kappa shape index (κ2) is 7.81. The highest BCUT2D eigenvalue weighted by Crippen LogP contribution is 2.32. The third-order valence-corrected chi connectivity index (χ3v) is 6.20. The van der Waals surface area contributed by atoms with Gasteiger partial charge in [0, 0.05) is 25.0 Å². The first-order chi connectivity index (χ1) is 10.4. The molecule has 128 valence electrons. The standard InChI is InChI=1S/C19H36N2O/c1-14(2)16-10-12-21(13-11-16)18-8-6-17(7-9-18)19(22)20(5)15(3)4/h14-18H,6-13H2,1-5H3. The maximum Gasteiger partial charge on any atom is 0.225 e. The van der Waals surface area contributed by atoms with Crippen molar-refractivity contribution in [2.24, 2.45) is 17.8 Å². The van der Waals surface area contributed by atoms with Crippen LogP contribution in [0.4, 0.5) is 0 Å². The van der Waals surface area contributed by atoms with E-state index in [4.69, 9.17) is 0 Å². The molecule has 1 saturated heterocycles. The summed E-state index contributed by atoms with van der Waals surface area (Å²) in [6, 6.07) is 1.06. The van der Waals surface area contributed by atoms with Crippen molar-refractivity contribution in [2.45, 2.75) is 78.3 Å². The van der Waals surface area contributed by atoms with Crippen molar-refractivity contribution in [1.82, 2.24) is 9.80 Å². The molecule has 0 aromatic rings. The largest absolute Gasteiger partial charge is 0.343 e. The fraction of sp³-hybridized carbons (Fsp3) is 0.947. The smallest absolute Gasteiger partial charge is 0.225 e. The van der Waals surface area contributed by atoms with Crippen LogP contribution in [0.2, 0.25) is 0 Å². The molecule has 3 nitrogen and oxygen atoms in total. The summed E-state index contributed by atoms with van der Waals surface area (Å²) in [5.74, 6) is 2.40. The summed E-state index contributed by atoms with van der Waals surface area (Å²) >= 11 is 0. The maximum atomic E-state index is 12.5. The SMILES string of the molecule is CC(C)C1CCN(C2CCC(C(=O)N(C)C(C)C)CC2)CC1. The van der Waals surface area contributed by atoms with E-state index in [1.165, 1.54) is 38.8 Å². The van der Waals surface area contributed by atoms with Crippen LogP contribution in [0.5, 0.6) is 0 Å². The number of piperidine rings is 1. The van der Waals surface area contributed by atoms with Gasteiger partial charge in [-0.3, -0.25) is 4.79 Å². The van der Waals surface area contributed by atoms with Gasteiger partial charge in [0.2, 0.25) is 5.91 Å². The Hall–Kier alpha value is -0.570. The lowest BCUT2D eigenvalue weighted by atomic mass is 9.81. The van der Waals surface area contributed by atoms with Crippen molar-refractivity contribution >= 4 is 5.91 Å². The third kappa shape index (κ3) is 4.24. The van der Waals surface area contributed by atoms with Crippen LogP contribution in [0.3, 0.4) is 0 Å². The van der Waals surface area contributed by atoms with E-state index in [-0.39, 0.29) is 5.92 Å². The number of nitrogens with zero attached hydrogens (tertiary/aromatic N) is 2. The molecule has 1 aliphatic heterocycles. The van der Waals surface area contributed by atoms with Gasteiger partial charge in [-0.25, -0.2) is 0 Å². The fourth-order valence-corrected chi connectivity index (χ4v) is 4.18. The molecule has 0 unspecified atom stereocenters. The topological polar surface area (TPSA) is 23.6 Å². The number of hydrogen-bond acceptors (Lipinski definition) is 2. The Morgan fingerprint density at radius 1 is 0.955 bits per heavy atom. The minimum atomic E-state index is 0.275. The van der Waals surface area contributed by atoms with Crippen LogP contribution in [0.1, 0.15) is 66.2 Å². The number of carbonyl (C=O) groups is 1. The summed E-state index contributed by atoms with van der Waals surface area (Å²) < 4.78 is 0. The second-order valence-corrected chi connectivity index (χ2v) is 8.17. The van der Waals surface area contributed by atoms with Crippen molar-refractivity contribution < 1.29 is 4.79 Å². The van der Waals surface area contributed by atoms with E-state index in [1.807, 2.05) is 11.9 Å². The lowest BCUT2D eigenvalue weighted by Gasteiger charge is -2.42. The minimum Gasteiger partial charge on any atom is -0.343 e. The van der Waals surface area contributed by atoms with Crippen molar-refractivity contribution in [3.63, 3.8) is 0 Å². The van der Waals surface area contributed by atoms with E-state index in [0.29, 0.717) is 11.9 Å². The van der Waals surface area contributed by atoms with Crippen molar-refractivity contribution in [3.8, 4) is 0 Å². The minimum absolute atomic E-state index is 0.275. The van der Waals surface area contributed by atoms with E-state index < -0.39 is 0 Å². The van der Waals surface area contributed by atoms with Gasteiger partial charge in [0.05, 0.1) is 0 Å². The average Bonchev–Trinajstić information content (AvgIpc) is 2.53. The molecule has 0 aromatic carbocycles. The van der Waals surface area contributed by atoms with Crippen LogP contribution in [0.15, 0.2) is 0 Å². The summed E-state index contributed by atoms with van der Waals surface area (Å²) in [5.41, 5.74) is 0. The van der Waals surface area contributed by atoms with Crippen LogP contribution in [-0.4, -0.2) is 47.9 Å². The van der Waals surface area contributed by atoms with Gasteiger partial charge < -0.3 is 9.80 Å². The van der Waals surface area contributed by atoms with E-state index in [1.54, 1.807) is 0 Å². The molecular formula is C19H36N2O. The zero-order valence-electron chi connectivity index (χ0n) is 15.3. The molecule has 1 amide bonds. The molecule has 0 radical (unpaired) electrons. The zero-order valence-corrected chi connectivity index (χ0v) is 15.3. The maximum absolute atomic E-state index is 12.5. The molecule has 0 N–H and O–H groups in total. The van der Waals surface area contributed by atoms with Crippen molar-refractivity contribution in [2.75, 3.05) is 20.1 Å². The Kier molecular flexibility index (Phi) is 6.31. The van der Waals surface area contributed by atoms with Gasteiger partial charge in [-0.05, 0) is 77.3 Å². The van der Waals surface area contributed by atoms with Crippen molar-refractivity contribution in [1.29, 1.82) is 0 Å². The first-order valence-electron chi connectivity index (χ1n) is 9.40. The van der Waals surface area contributed by atoms with Gasteiger partial charge in [0.1, 0.15) is 0 Å². The van der Waals surface area contributed by atoms with Crippen LogP contribution in [0, 0.1) is 17.8 Å². The number of carbonyl (C=O) groups excluding carboxylic acids is 1. The fourth-order valence-electron chi connectivity index (χ4n) is 4.18. The van der Waals surface area contributed by atoms with Crippen LogP contribution in [0.25, 0.3) is 0 Å². The Bertz CT molecular complexity index is 350. The number of hydrogen-bond donors (Lipinski definition) is 0. The molecule has 1 heterocycles. The van der Waals surface area contributed by atoms with Gasteiger partial charge in [-0.15, -0.1) is 0 Å². The Balaban J connectivity index is 1.77. The molecule has 0 aromatic heterocycles. The lowest BCUT2D eigenvalue weighted by Crippen LogP contribution is -2.46. The first-order valence-corrected chi connectivity index (χ1v) is 9.40. The van der Waals surface area contributed by atoms with E-state index in [9.17, 15) is 4.79 Å². The molecular weight excluding hydrogens is 272 g/mol. The highest BCUT2D eigenvalue weighted by molar-refractivity contribution is 5.78. The molecule has 0 bridgehead atoms. The molecule has 0 atom stereocenters. The lowest BCUT2D eigenvalue weighted by molar-refractivity contribution is -0.137. The van der Waals surface area contributed by atoms with E-state index >= 15 is 0 Å². The molecule has 1 aliphatic carbocycles. The molecule has 1 saturated carbocycles. The highest BCUT2D eigenvalue weighted by atomic mass is 16.2. The third-order valence-electron chi connectivity index (χ3n) is 6.20. The van der Waals surface area contributed by atoms with Gasteiger partial charge in [-0.2, -0.15) is 0 Å². The Labute approximate surface area is 137 Å². The Morgan fingerprint density at radius 2 is 1.50 bits per heavy atom. The van der Waals surface area contributed by atoms with Gasteiger partial charge >= 0.3 is 0 Å². The normalized spacial score (nSPS) is 28.3. The monoisotopic (exact) mass is 308 g/mol. The summed E-state index contributed by atoms with van der Waals surface area (Å²) in [6.45, 7) is 11.5. The predicted octanol–water partition coefficient (Wildman–Crippen LogP) is 3.78. The number of likely N-dealkylation sites (tertiary alicyclic amines) is 1. The van der Waals surface area contributed by atoms with Gasteiger partial charge in [-0.1, -0.05) is 13.8 Å². The summed E-state index contributed by atoms with van der Waals surface area (Å²) in [7, 11) is 1.95. The molecule has 2 fully saturated rings.